The van der Waals surface area contributed by atoms with Gasteiger partial charge in [0, 0.05) is 13.4 Å². The Kier molecular flexibility index (Phi) is 3.82. The highest BCUT2D eigenvalue weighted by Crippen LogP contribution is 2.11. The first-order valence-electron chi connectivity index (χ1n) is 3.40. The highest BCUT2D eigenvalue weighted by Gasteiger charge is 2.14. The largest absolute Gasteiger partial charge is 0.381 e. The molecule has 0 radical (unpaired) electrons. The zero-order valence-electron chi connectivity index (χ0n) is 6.61. The van der Waals surface area contributed by atoms with Crippen LogP contribution in [0.4, 0.5) is 0 Å². The molecule has 0 aliphatic rings. The number of hydrogen-bond donors (Lipinski definition) is 1. The van der Waals surface area contributed by atoms with E-state index < -0.39 is 0 Å². The van der Waals surface area contributed by atoms with Gasteiger partial charge in [-0.15, -0.1) is 0 Å². The minimum Gasteiger partial charge on any atom is -0.381 e. The van der Waals surface area contributed by atoms with E-state index in [2.05, 4.69) is 13.8 Å². The van der Waals surface area contributed by atoms with Crippen LogP contribution in [0.5, 0.6) is 0 Å². The Morgan fingerprint density at radius 2 is 2.11 bits per heavy atom. The second-order valence-electron chi connectivity index (χ2n) is 3.01. The van der Waals surface area contributed by atoms with Crippen LogP contribution in [0.1, 0.15) is 22.2 Å². The molecule has 0 amide bonds. The summed E-state index contributed by atoms with van der Waals surface area (Å²) in [5, 5.41) is 0. The molecule has 9 heavy (non-hydrogen) atoms. The van der Waals surface area contributed by atoms with Crippen LogP contribution in [-0.4, -0.2) is 19.8 Å². The average molecular weight is 133 g/mol. The fourth-order valence-electron chi connectivity index (χ4n) is 0.437. The number of hydrogen-bond acceptors (Lipinski definition) is 2. The third-order valence-corrected chi connectivity index (χ3v) is 1.25. The van der Waals surface area contributed by atoms with Crippen molar-refractivity contribution in [1.82, 2.24) is 0 Å². The Balaban J connectivity index is 0. The molecule has 0 bridgehead atoms. The Morgan fingerprint density at radius 1 is 1.56 bits per heavy atom. The molecule has 0 saturated heterocycles. The average Bonchev–Trinajstić information content (AvgIpc) is 1.84. The van der Waals surface area contributed by atoms with Crippen molar-refractivity contribution >= 4 is 0 Å². The summed E-state index contributed by atoms with van der Waals surface area (Å²) in [7, 11) is 0. The van der Waals surface area contributed by atoms with Gasteiger partial charge in [0.15, 0.2) is 0 Å². The molecule has 0 aromatic carbocycles. The zero-order chi connectivity index (χ0) is 7.33. The molecule has 0 aliphatic carbocycles. The minimum atomic E-state index is 0. The van der Waals surface area contributed by atoms with Crippen LogP contribution in [0.25, 0.3) is 0 Å². The maximum atomic E-state index is 5.47. The van der Waals surface area contributed by atoms with Gasteiger partial charge in [0.1, 0.15) is 0 Å². The first-order chi connectivity index (χ1) is 4.12. The van der Waals surface area contributed by atoms with Crippen LogP contribution >= 0.6 is 0 Å². The minimum absolute atomic E-state index is 0. The monoisotopic (exact) mass is 133 g/mol. The smallest absolute Gasteiger partial charge is 0.0529 e. The summed E-state index contributed by atoms with van der Waals surface area (Å²) in [6, 6.07) is 0. The zero-order valence-corrected chi connectivity index (χ0v) is 6.61. The van der Waals surface area contributed by atoms with Gasteiger partial charge in [-0.1, -0.05) is 13.8 Å². The fraction of sp³-hybridized carbons (Fsp3) is 1.00. The number of ether oxygens (including phenoxy) is 1. The topological polar surface area (TPSA) is 35.2 Å². The normalized spacial score (nSPS) is 12.0. The van der Waals surface area contributed by atoms with E-state index >= 15 is 0 Å². The molecule has 0 heterocycles. The Labute approximate surface area is 58.9 Å². The summed E-state index contributed by atoms with van der Waals surface area (Å²) < 4.78 is 5.21. The number of rotatable bonds is 4. The van der Waals surface area contributed by atoms with E-state index in [-0.39, 0.29) is 6.84 Å². The quantitative estimate of drug-likeness (QED) is 0.626. The molecule has 0 aromatic rings. The van der Waals surface area contributed by atoms with Crippen molar-refractivity contribution in [2.75, 3.05) is 19.8 Å². The summed E-state index contributed by atoms with van der Waals surface area (Å²) in [6.45, 7) is 8.42. The van der Waals surface area contributed by atoms with E-state index in [1.807, 2.05) is 6.92 Å². The molecule has 2 nitrogen and oxygen atoms in total. The maximum absolute atomic E-state index is 5.47. The van der Waals surface area contributed by atoms with E-state index in [9.17, 15) is 0 Å². The second-order valence-corrected chi connectivity index (χ2v) is 3.01. The van der Waals surface area contributed by atoms with Gasteiger partial charge in [0.25, 0.3) is 0 Å². The van der Waals surface area contributed by atoms with Crippen LogP contribution in [-0.2, 0) is 4.74 Å². The van der Waals surface area contributed by atoms with Crippen molar-refractivity contribution in [2.45, 2.75) is 20.8 Å². The third-order valence-electron chi connectivity index (χ3n) is 1.25. The van der Waals surface area contributed by atoms with Gasteiger partial charge in [0.05, 0.1) is 6.61 Å². The van der Waals surface area contributed by atoms with Gasteiger partial charge < -0.3 is 10.5 Å². The van der Waals surface area contributed by atoms with Crippen molar-refractivity contribution < 1.29 is 6.16 Å². The molecular weight excluding hydrogens is 114 g/mol. The molecule has 58 valence electrons. The summed E-state index contributed by atoms with van der Waals surface area (Å²) in [4.78, 5) is 0. The van der Waals surface area contributed by atoms with Crippen molar-refractivity contribution in [3.8, 4) is 0 Å². The van der Waals surface area contributed by atoms with Crippen LogP contribution in [0.15, 0.2) is 0 Å². The lowest BCUT2D eigenvalue weighted by molar-refractivity contribution is 0.0753. The predicted molar refractivity (Wildman–Crippen MR) is 41.4 cm³/mol. The van der Waals surface area contributed by atoms with E-state index in [0.29, 0.717) is 6.54 Å². The van der Waals surface area contributed by atoms with Gasteiger partial charge in [-0.05, 0) is 13.5 Å². The Hall–Kier alpha value is -0.0800. The standard InChI is InChI=1S/C7H17NO.H2/c1-4-9-6-7(2,3)5-8;/h4-6,8H2,1-3H3;1H. The lowest BCUT2D eigenvalue weighted by atomic mass is 9.95. The Bertz CT molecular complexity index is 76.0. The van der Waals surface area contributed by atoms with Crippen LogP contribution in [0.2, 0.25) is 0 Å². The first kappa shape index (κ1) is 8.92. The SMILES string of the molecule is CCOCC(C)(C)CN.[HH]. The van der Waals surface area contributed by atoms with Gasteiger partial charge in [0.2, 0.25) is 0 Å². The second kappa shape index (κ2) is 3.85. The summed E-state index contributed by atoms with van der Waals surface area (Å²) in [5.41, 5.74) is 5.62. The van der Waals surface area contributed by atoms with Crippen LogP contribution < -0.4 is 5.73 Å². The summed E-state index contributed by atoms with van der Waals surface area (Å²) in [5.74, 6) is 0. The van der Waals surface area contributed by atoms with Crippen molar-refractivity contribution in [2.24, 2.45) is 11.1 Å². The van der Waals surface area contributed by atoms with E-state index in [1.165, 1.54) is 0 Å². The molecular formula is C7H19NO. The molecule has 0 saturated carbocycles. The Morgan fingerprint density at radius 3 is 2.44 bits per heavy atom. The van der Waals surface area contributed by atoms with Crippen LogP contribution in [0, 0.1) is 5.41 Å². The van der Waals surface area contributed by atoms with Gasteiger partial charge in [-0.2, -0.15) is 0 Å². The first-order valence-corrected chi connectivity index (χ1v) is 3.40. The molecule has 0 spiro atoms. The summed E-state index contributed by atoms with van der Waals surface area (Å²) in [6.07, 6.45) is 0. The molecule has 0 unspecified atom stereocenters. The van der Waals surface area contributed by atoms with Gasteiger partial charge in [-0.25, -0.2) is 0 Å². The molecule has 0 aliphatic heterocycles. The lowest BCUT2D eigenvalue weighted by Gasteiger charge is -2.21. The van der Waals surface area contributed by atoms with Crippen LogP contribution in [0.3, 0.4) is 0 Å². The van der Waals surface area contributed by atoms with E-state index in [1.54, 1.807) is 0 Å². The van der Waals surface area contributed by atoms with Gasteiger partial charge >= 0.3 is 0 Å². The molecule has 0 rings (SSSR count). The highest BCUT2D eigenvalue weighted by atomic mass is 16.5. The van der Waals surface area contributed by atoms with E-state index in [4.69, 9.17) is 10.5 Å². The van der Waals surface area contributed by atoms with Crippen molar-refractivity contribution in [3.05, 3.63) is 0 Å². The molecule has 2 heteroatoms. The summed E-state index contributed by atoms with van der Waals surface area (Å²) >= 11 is 0. The van der Waals surface area contributed by atoms with Gasteiger partial charge in [-0.3, -0.25) is 0 Å². The van der Waals surface area contributed by atoms with E-state index in [0.717, 1.165) is 13.2 Å². The lowest BCUT2D eigenvalue weighted by Crippen LogP contribution is -2.28. The number of nitrogens with two attached hydrogens (primary N) is 1. The third kappa shape index (κ3) is 4.43. The molecule has 0 aromatic heterocycles. The molecule has 2 N–H and O–H groups in total. The fourth-order valence-corrected chi connectivity index (χ4v) is 0.437. The van der Waals surface area contributed by atoms with Crippen molar-refractivity contribution in [1.29, 1.82) is 0 Å². The molecule has 0 fully saturated rings. The van der Waals surface area contributed by atoms with Crippen molar-refractivity contribution in [3.63, 3.8) is 0 Å². The maximum Gasteiger partial charge on any atom is 0.0529 e. The molecule has 0 atom stereocenters. The highest BCUT2D eigenvalue weighted by molar-refractivity contribution is 4.67. The predicted octanol–water partition coefficient (Wildman–Crippen LogP) is 1.25.